The molecule has 0 saturated carbocycles. The number of hydrogen-bond acceptors (Lipinski definition) is 21. The highest BCUT2D eigenvalue weighted by Gasteiger charge is 2.57. The highest BCUT2D eigenvalue weighted by atomic mass is 16.8. The number of esters is 3. The van der Waals surface area contributed by atoms with Crippen LogP contribution in [0.1, 0.15) is 215 Å². The lowest BCUT2D eigenvalue weighted by atomic mass is 9.95. The molecule has 0 spiro atoms. The van der Waals surface area contributed by atoms with Gasteiger partial charge in [-0.25, -0.2) is 0 Å². The number of fused-ring (bicyclic) bond motifs is 2. The first-order valence-corrected chi connectivity index (χ1v) is 30.5. The van der Waals surface area contributed by atoms with Crippen LogP contribution in [-0.2, 0) is 66.5 Å². The van der Waals surface area contributed by atoms with Gasteiger partial charge in [-0.3, -0.25) is 14.4 Å². The molecule has 7 N–H and O–H groups in total. The van der Waals surface area contributed by atoms with E-state index >= 15 is 0 Å². The molecule has 0 aromatic rings. The van der Waals surface area contributed by atoms with Crippen LogP contribution in [0, 0.1) is 0 Å². The van der Waals surface area contributed by atoms with Crippen LogP contribution in [0.2, 0.25) is 0 Å². The zero-order valence-electron chi connectivity index (χ0n) is 48.3. The van der Waals surface area contributed by atoms with Crippen LogP contribution < -0.4 is 0 Å². The lowest BCUT2D eigenvalue weighted by Crippen LogP contribution is -2.67. The molecule has 5 aliphatic heterocycles. The summed E-state index contributed by atoms with van der Waals surface area (Å²) in [4.78, 5) is 40.1. The molecule has 21 nitrogen and oxygen atoms in total. The Morgan fingerprint density at radius 3 is 1.62 bits per heavy atom. The van der Waals surface area contributed by atoms with E-state index in [9.17, 15) is 50.1 Å². The lowest BCUT2D eigenvalue weighted by molar-refractivity contribution is -0.388. The Morgan fingerprint density at radius 1 is 0.481 bits per heavy atom. The van der Waals surface area contributed by atoms with Crippen molar-refractivity contribution in [3.8, 4) is 0 Å². The third kappa shape index (κ3) is 20.8. The number of aliphatic hydroxyl groups excluding tert-OH is 7. The Labute approximate surface area is 469 Å². The largest absolute Gasteiger partial charge is 0.457 e. The molecule has 5 rings (SSSR count). The van der Waals surface area contributed by atoms with Crippen LogP contribution in [0.5, 0.6) is 0 Å². The van der Waals surface area contributed by atoms with E-state index in [1.54, 1.807) is 13.8 Å². The van der Waals surface area contributed by atoms with E-state index in [-0.39, 0.29) is 25.4 Å². The summed E-state index contributed by atoms with van der Waals surface area (Å²) < 4.78 is 68.0. The fraction of sp³-hybridized carbons (Fsp3) is 0.948. The first-order valence-electron chi connectivity index (χ1n) is 30.5. The van der Waals surface area contributed by atoms with Gasteiger partial charge in [-0.2, -0.15) is 0 Å². The number of aliphatic hydroxyl groups is 7. The Morgan fingerprint density at radius 2 is 0.987 bits per heavy atom. The van der Waals surface area contributed by atoms with Crippen LogP contribution in [-0.4, -0.2) is 189 Å². The van der Waals surface area contributed by atoms with Crippen molar-refractivity contribution in [1.82, 2.24) is 0 Å². The van der Waals surface area contributed by atoms with E-state index in [0.717, 1.165) is 116 Å². The summed E-state index contributed by atoms with van der Waals surface area (Å²) in [6.45, 7) is 10.3. The fourth-order valence-electron chi connectivity index (χ4n) is 11.2. The Bertz CT molecular complexity index is 1710. The molecule has 5 fully saturated rings. The minimum atomic E-state index is -1.76. The van der Waals surface area contributed by atoms with Gasteiger partial charge >= 0.3 is 17.9 Å². The first-order chi connectivity index (χ1) is 38.0. The van der Waals surface area contributed by atoms with Gasteiger partial charge in [0.15, 0.2) is 43.5 Å². The second kappa shape index (κ2) is 35.8. The van der Waals surface area contributed by atoms with E-state index in [2.05, 4.69) is 20.8 Å². The van der Waals surface area contributed by atoms with Crippen molar-refractivity contribution in [2.24, 2.45) is 0 Å². The molecule has 5 saturated heterocycles. The Kier molecular flexibility index (Phi) is 30.7. The molecule has 0 bridgehead atoms. The van der Waals surface area contributed by atoms with Crippen molar-refractivity contribution >= 4 is 17.9 Å². The lowest BCUT2D eigenvalue weighted by Gasteiger charge is -2.49. The molecule has 0 radical (unpaired) electrons. The number of hydrogen-bond donors (Lipinski definition) is 7. The maximum atomic E-state index is 13.7. The molecule has 79 heavy (non-hydrogen) atoms. The van der Waals surface area contributed by atoms with Gasteiger partial charge in [0.1, 0.15) is 61.0 Å². The second-order valence-corrected chi connectivity index (χ2v) is 22.8. The average Bonchev–Trinajstić information content (AvgIpc) is 3.45. The van der Waals surface area contributed by atoms with Crippen molar-refractivity contribution in [2.45, 2.75) is 344 Å². The summed E-state index contributed by atoms with van der Waals surface area (Å²) in [7, 11) is 0. The Balaban J connectivity index is 1.36. The monoisotopic (exact) mass is 1130 g/mol. The predicted molar refractivity (Wildman–Crippen MR) is 286 cm³/mol. The summed E-state index contributed by atoms with van der Waals surface area (Å²) >= 11 is 0. The maximum absolute atomic E-state index is 13.7. The van der Waals surface area contributed by atoms with E-state index in [0.29, 0.717) is 32.1 Å². The summed E-state index contributed by atoms with van der Waals surface area (Å²) in [5.41, 5.74) is 0. The normalized spacial score (nSPS) is 38.3. The van der Waals surface area contributed by atoms with Gasteiger partial charge in [0, 0.05) is 19.3 Å². The fourth-order valence-corrected chi connectivity index (χ4v) is 11.2. The van der Waals surface area contributed by atoms with Crippen LogP contribution in [0.25, 0.3) is 0 Å². The highest BCUT2D eigenvalue weighted by molar-refractivity contribution is 5.70. The molecule has 5 heterocycles. The zero-order valence-corrected chi connectivity index (χ0v) is 48.3. The van der Waals surface area contributed by atoms with Crippen molar-refractivity contribution in [3.63, 3.8) is 0 Å². The summed E-state index contributed by atoms with van der Waals surface area (Å²) in [5, 5.41) is 80.1. The first kappa shape index (κ1) is 67.6. The molecule has 21 heteroatoms. The number of unbranched alkanes of at least 4 members (excludes halogenated alkanes) is 12. The average molecular weight is 1140 g/mol. The van der Waals surface area contributed by atoms with Crippen molar-refractivity contribution < 1.29 is 102 Å². The van der Waals surface area contributed by atoms with E-state index in [4.69, 9.17) is 52.1 Å². The summed E-state index contributed by atoms with van der Waals surface area (Å²) in [5.74, 6) is -1.90. The van der Waals surface area contributed by atoms with Gasteiger partial charge in [-0.15, -0.1) is 0 Å². The summed E-state index contributed by atoms with van der Waals surface area (Å²) in [6.07, 6.45) is -8.25. The quantitative estimate of drug-likeness (QED) is 0.0314. The van der Waals surface area contributed by atoms with Crippen molar-refractivity contribution in [2.75, 3.05) is 6.61 Å². The topological polar surface area (TPSA) is 294 Å². The van der Waals surface area contributed by atoms with Crippen molar-refractivity contribution in [3.05, 3.63) is 0 Å². The molecule has 0 aromatic heterocycles. The summed E-state index contributed by atoms with van der Waals surface area (Å²) in [6, 6.07) is 0. The number of rotatable bonds is 25. The van der Waals surface area contributed by atoms with Gasteiger partial charge in [-0.05, 0) is 52.9 Å². The molecule has 0 aromatic carbocycles. The molecule has 0 amide bonds. The van der Waals surface area contributed by atoms with Gasteiger partial charge in [-0.1, -0.05) is 143 Å². The maximum Gasteiger partial charge on any atom is 0.306 e. The minimum Gasteiger partial charge on any atom is -0.457 e. The zero-order chi connectivity index (χ0) is 57.4. The van der Waals surface area contributed by atoms with Gasteiger partial charge in [0.05, 0.1) is 31.0 Å². The molecular weight excluding hydrogens is 1030 g/mol. The SMILES string of the molecule is CCCCCCCCCC(=O)OC1C(C)OC(OC2C(C)OC(OC3C(C)OC4OC5C(OC(CCCCC)CCCCCCCCCC(=O)OC4C3O)OC(CO)C(O)C5O)C(OC(=O)CCCCCCC)C2O)C(O)C1O. The van der Waals surface area contributed by atoms with E-state index in [1.165, 1.54) is 13.3 Å². The van der Waals surface area contributed by atoms with Crippen LogP contribution >= 0.6 is 0 Å². The van der Waals surface area contributed by atoms with Gasteiger partial charge in [0.2, 0.25) is 0 Å². The molecule has 460 valence electrons. The van der Waals surface area contributed by atoms with Crippen molar-refractivity contribution in [1.29, 1.82) is 0 Å². The number of carbonyl (C=O) groups is 3. The van der Waals surface area contributed by atoms with Crippen LogP contribution in [0.4, 0.5) is 0 Å². The Hall–Kier alpha value is -2.19. The molecule has 21 atom stereocenters. The number of ether oxygens (including phenoxy) is 11. The van der Waals surface area contributed by atoms with E-state index in [1.807, 2.05) is 0 Å². The molecule has 0 aliphatic carbocycles. The third-order valence-electron chi connectivity index (χ3n) is 16.1. The smallest absolute Gasteiger partial charge is 0.306 e. The van der Waals surface area contributed by atoms with Crippen LogP contribution in [0.15, 0.2) is 0 Å². The number of carbonyl (C=O) groups excluding carboxylic acids is 3. The molecular formula is C58H102O21. The van der Waals surface area contributed by atoms with E-state index < -0.39 is 147 Å². The predicted octanol–water partition coefficient (Wildman–Crippen LogP) is 5.99. The molecule has 21 unspecified atom stereocenters. The van der Waals surface area contributed by atoms with Crippen LogP contribution in [0.3, 0.4) is 0 Å². The minimum absolute atomic E-state index is 0.00186. The standard InChI is InChI=1S/C58H102O21/c1-7-10-13-15-17-22-27-31-40(60)74-49-35(4)69-55(46(66)45(49)65)77-50-36(5)70-56(53(47(50)67)75-41(61)32-26-20-14-11-8-2)78-51-37(6)71-57-54(48(51)68)76-42(62)33-28-23-19-16-18-21-25-30-38(29-24-12-9-3)72-58-52(79-57)44(64)43(63)39(34-59)73-58/h35-39,43-59,63-68H,7-34H2,1-6H3. The van der Waals surface area contributed by atoms with Gasteiger partial charge < -0.3 is 87.9 Å². The third-order valence-corrected chi connectivity index (χ3v) is 16.1. The van der Waals surface area contributed by atoms with Gasteiger partial charge in [0.25, 0.3) is 0 Å². The second-order valence-electron chi connectivity index (χ2n) is 22.8. The highest BCUT2D eigenvalue weighted by Crippen LogP contribution is 2.37. The molecule has 5 aliphatic rings.